The molecule has 7 heteroatoms. The molecule has 3 aliphatic rings. The predicted octanol–water partition coefficient (Wildman–Crippen LogP) is 2.72. The summed E-state index contributed by atoms with van der Waals surface area (Å²) in [7, 11) is 6.50. The molecule has 0 aliphatic carbocycles. The van der Waals surface area contributed by atoms with Crippen molar-refractivity contribution in [2.75, 3.05) is 41.6 Å². The maximum Gasteiger partial charge on any atom is 0.181 e. The lowest BCUT2D eigenvalue weighted by molar-refractivity contribution is -0.236. The number of nitrogens with zero attached hydrogens (tertiary/aromatic N) is 1. The van der Waals surface area contributed by atoms with E-state index in [1.807, 2.05) is 31.2 Å². The van der Waals surface area contributed by atoms with Crippen LogP contribution in [0.1, 0.15) is 35.2 Å². The Hall–Kier alpha value is -2.48. The third-order valence-electron chi connectivity index (χ3n) is 6.93. The summed E-state index contributed by atoms with van der Waals surface area (Å²) in [5.41, 5.74) is 1.38. The Bertz CT molecular complexity index is 1020. The van der Waals surface area contributed by atoms with Crippen LogP contribution in [0.4, 0.5) is 0 Å². The molecule has 0 amide bonds. The van der Waals surface area contributed by atoms with E-state index in [2.05, 4.69) is 4.90 Å². The standard InChI is InChI=1S/C23H27NO6/c1-22(25)14-6-7-17(26-2)21(29-5)20(14)16-12-30-23(22)15-11-19(28-4)18(27-3)10-13(15)8-9-24(16)23/h6-7,10-11,16,25H,8-9,12H2,1-5H3/t16-,22-,23-/m1/s1. The van der Waals surface area contributed by atoms with Gasteiger partial charge in [-0.15, -0.1) is 0 Å². The van der Waals surface area contributed by atoms with E-state index in [1.165, 1.54) is 0 Å². The normalized spacial score (nSPS) is 28.9. The van der Waals surface area contributed by atoms with Crippen molar-refractivity contribution < 1.29 is 28.8 Å². The second kappa shape index (κ2) is 6.51. The van der Waals surface area contributed by atoms with Gasteiger partial charge < -0.3 is 28.8 Å². The molecule has 1 saturated heterocycles. The number of rotatable bonds is 4. The molecule has 2 aromatic carbocycles. The van der Waals surface area contributed by atoms with E-state index in [0.717, 1.165) is 35.2 Å². The lowest BCUT2D eigenvalue weighted by atomic mass is 9.70. The Morgan fingerprint density at radius 2 is 1.67 bits per heavy atom. The summed E-state index contributed by atoms with van der Waals surface area (Å²) in [6, 6.07) is 7.66. The third-order valence-corrected chi connectivity index (χ3v) is 6.93. The van der Waals surface area contributed by atoms with Crippen molar-refractivity contribution >= 4 is 0 Å². The number of ether oxygens (including phenoxy) is 5. The molecule has 0 unspecified atom stereocenters. The second-order valence-corrected chi connectivity index (χ2v) is 8.11. The molecule has 0 radical (unpaired) electrons. The van der Waals surface area contributed by atoms with Crippen molar-refractivity contribution in [1.29, 1.82) is 0 Å². The highest BCUT2D eigenvalue weighted by molar-refractivity contribution is 5.60. The molecule has 0 aromatic heterocycles. The van der Waals surface area contributed by atoms with Gasteiger partial charge in [0.25, 0.3) is 0 Å². The molecule has 2 bridgehead atoms. The van der Waals surface area contributed by atoms with Gasteiger partial charge in [-0.25, -0.2) is 0 Å². The third kappa shape index (κ3) is 2.15. The molecule has 7 nitrogen and oxygen atoms in total. The van der Waals surface area contributed by atoms with E-state index in [4.69, 9.17) is 23.7 Å². The quantitative estimate of drug-likeness (QED) is 0.827. The second-order valence-electron chi connectivity index (χ2n) is 8.11. The highest BCUT2D eigenvalue weighted by Gasteiger charge is 2.67. The van der Waals surface area contributed by atoms with Crippen molar-refractivity contribution in [3.05, 3.63) is 46.5 Å². The fourth-order valence-corrected chi connectivity index (χ4v) is 5.63. The van der Waals surface area contributed by atoms with Crippen molar-refractivity contribution in [3.63, 3.8) is 0 Å². The fraction of sp³-hybridized carbons (Fsp3) is 0.478. The highest BCUT2D eigenvalue weighted by Crippen LogP contribution is 2.63. The zero-order chi connectivity index (χ0) is 21.3. The summed E-state index contributed by atoms with van der Waals surface area (Å²) < 4.78 is 28.9. The number of fused-ring (bicyclic) bond motifs is 3. The van der Waals surface area contributed by atoms with Gasteiger partial charge in [-0.3, -0.25) is 4.90 Å². The minimum absolute atomic E-state index is 0.0495. The van der Waals surface area contributed by atoms with Gasteiger partial charge >= 0.3 is 0 Å². The predicted molar refractivity (Wildman–Crippen MR) is 109 cm³/mol. The maximum absolute atomic E-state index is 12.1. The first-order chi connectivity index (χ1) is 14.4. The van der Waals surface area contributed by atoms with Gasteiger partial charge in [-0.05, 0) is 42.7 Å². The molecule has 0 spiro atoms. The molecule has 1 fully saturated rings. The lowest BCUT2D eigenvalue weighted by Crippen LogP contribution is -2.62. The summed E-state index contributed by atoms with van der Waals surface area (Å²) in [4.78, 5) is 2.26. The Labute approximate surface area is 176 Å². The summed E-state index contributed by atoms with van der Waals surface area (Å²) in [6.07, 6.45) is 0.814. The Morgan fingerprint density at radius 1 is 0.967 bits per heavy atom. The van der Waals surface area contributed by atoms with Gasteiger partial charge in [0, 0.05) is 17.7 Å². The minimum atomic E-state index is -1.33. The average Bonchev–Trinajstić information content (AvgIpc) is 3.13. The Kier molecular flexibility index (Phi) is 4.23. The maximum atomic E-state index is 12.1. The zero-order valence-electron chi connectivity index (χ0n) is 17.9. The largest absolute Gasteiger partial charge is 0.493 e. The summed E-state index contributed by atoms with van der Waals surface area (Å²) >= 11 is 0. The topological polar surface area (TPSA) is 69.6 Å². The number of benzene rings is 2. The van der Waals surface area contributed by atoms with Crippen LogP contribution in [0.15, 0.2) is 24.3 Å². The van der Waals surface area contributed by atoms with Gasteiger partial charge in [-0.2, -0.15) is 0 Å². The van der Waals surface area contributed by atoms with E-state index in [0.29, 0.717) is 29.6 Å². The van der Waals surface area contributed by atoms with Crippen LogP contribution in [0.2, 0.25) is 0 Å². The molecule has 0 saturated carbocycles. The van der Waals surface area contributed by atoms with Crippen LogP contribution in [0.5, 0.6) is 23.0 Å². The summed E-state index contributed by atoms with van der Waals surface area (Å²) in [6.45, 7) is 3.00. The zero-order valence-corrected chi connectivity index (χ0v) is 17.9. The molecule has 1 N–H and O–H groups in total. The molecular weight excluding hydrogens is 386 g/mol. The Balaban J connectivity index is 1.79. The van der Waals surface area contributed by atoms with Crippen LogP contribution in [-0.4, -0.2) is 51.6 Å². The average molecular weight is 413 g/mol. The molecule has 30 heavy (non-hydrogen) atoms. The van der Waals surface area contributed by atoms with Crippen LogP contribution in [0.3, 0.4) is 0 Å². The minimum Gasteiger partial charge on any atom is -0.493 e. The molecular formula is C23H27NO6. The fourth-order valence-electron chi connectivity index (χ4n) is 5.63. The molecule has 2 aromatic rings. The monoisotopic (exact) mass is 413 g/mol. The van der Waals surface area contributed by atoms with Crippen molar-refractivity contribution in [2.45, 2.75) is 30.7 Å². The molecule has 3 atom stereocenters. The first-order valence-electron chi connectivity index (χ1n) is 10.1. The van der Waals surface area contributed by atoms with Gasteiger partial charge in [0.15, 0.2) is 28.7 Å². The van der Waals surface area contributed by atoms with Gasteiger partial charge in [0.1, 0.15) is 5.60 Å². The molecule has 3 aliphatic heterocycles. The molecule has 3 heterocycles. The molecule has 160 valence electrons. The van der Waals surface area contributed by atoms with Crippen LogP contribution in [0, 0.1) is 0 Å². The van der Waals surface area contributed by atoms with Crippen molar-refractivity contribution in [3.8, 4) is 23.0 Å². The van der Waals surface area contributed by atoms with Crippen LogP contribution in [0.25, 0.3) is 0 Å². The van der Waals surface area contributed by atoms with E-state index in [-0.39, 0.29) is 6.04 Å². The SMILES string of the molecule is COc1cc2c(cc1OC)[C@@]13OC[C@H](c4c(ccc(OC)c4OC)[C@@]1(C)O)N3CC2. The van der Waals surface area contributed by atoms with Gasteiger partial charge in [0.05, 0.1) is 41.1 Å². The van der Waals surface area contributed by atoms with Gasteiger partial charge in [-0.1, -0.05) is 6.07 Å². The number of hydrogen-bond acceptors (Lipinski definition) is 7. The summed E-state index contributed by atoms with van der Waals surface area (Å²) in [5.74, 6) is 2.60. The summed E-state index contributed by atoms with van der Waals surface area (Å²) in [5, 5.41) is 12.1. The van der Waals surface area contributed by atoms with Crippen molar-refractivity contribution in [1.82, 2.24) is 4.90 Å². The smallest absolute Gasteiger partial charge is 0.181 e. The Morgan fingerprint density at radius 3 is 2.33 bits per heavy atom. The van der Waals surface area contributed by atoms with Crippen LogP contribution < -0.4 is 18.9 Å². The molecule has 5 rings (SSSR count). The van der Waals surface area contributed by atoms with Crippen LogP contribution in [-0.2, 0) is 22.5 Å². The number of aliphatic hydroxyl groups is 1. The van der Waals surface area contributed by atoms with E-state index >= 15 is 0 Å². The number of methoxy groups -OCH3 is 4. The van der Waals surface area contributed by atoms with Gasteiger partial charge in [0.2, 0.25) is 0 Å². The first-order valence-corrected chi connectivity index (χ1v) is 10.1. The van der Waals surface area contributed by atoms with E-state index < -0.39 is 11.3 Å². The highest BCUT2D eigenvalue weighted by atomic mass is 16.6. The van der Waals surface area contributed by atoms with Crippen LogP contribution >= 0.6 is 0 Å². The van der Waals surface area contributed by atoms with E-state index in [1.54, 1.807) is 28.4 Å². The lowest BCUT2D eigenvalue weighted by Gasteiger charge is -2.55. The van der Waals surface area contributed by atoms with E-state index in [9.17, 15) is 5.11 Å². The van der Waals surface area contributed by atoms with Crippen molar-refractivity contribution in [2.24, 2.45) is 0 Å². The number of hydrogen-bond donors (Lipinski definition) is 1. The first kappa shape index (κ1) is 19.5.